The number of hydrogen-bond acceptors (Lipinski definition) is 6. The van der Waals surface area contributed by atoms with Crippen molar-refractivity contribution in [3.8, 4) is 5.75 Å². The number of Topliss-reactive ketones (excluding diaryl/α,β-unsaturated/α-hetero) is 1. The second kappa shape index (κ2) is 6.70. The van der Waals surface area contributed by atoms with Crippen molar-refractivity contribution in [1.82, 2.24) is 14.3 Å². The largest absolute Gasteiger partial charge is 0.425 e. The van der Waals surface area contributed by atoms with E-state index in [0.717, 1.165) is 16.8 Å². The summed E-state index contributed by atoms with van der Waals surface area (Å²) in [5.74, 6) is -0.248. The number of rotatable bonds is 4. The Hall–Kier alpha value is -3.03. The van der Waals surface area contributed by atoms with Crippen LogP contribution in [0.2, 0.25) is 0 Å². The van der Waals surface area contributed by atoms with Gasteiger partial charge in [0.25, 0.3) is 0 Å². The van der Waals surface area contributed by atoms with Gasteiger partial charge in [-0.15, -0.1) is 0 Å². The van der Waals surface area contributed by atoms with Crippen LogP contribution in [0.15, 0.2) is 48.9 Å². The zero-order valence-electron chi connectivity index (χ0n) is 14.0. The first-order chi connectivity index (χ1) is 12.6. The Morgan fingerprint density at radius 3 is 2.92 bits per heavy atom. The lowest BCUT2D eigenvalue weighted by Gasteiger charge is -2.18. The summed E-state index contributed by atoms with van der Waals surface area (Å²) in [6.07, 6.45) is 5.54. The molecule has 4 rings (SSSR count). The SMILES string of the molecule is O=C1CN(Cc2ccn3ccnc3c2)Cc2cc(C(=O)CO)ccc2O1. The van der Waals surface area contributed by atoms with Crippen LogP contribution in [-0.2, 0) is 17.9 Å². The average Bonchev–Trinajstić information content (AvgIpc) is 3.03. The quantitative estimate of drug-likeness (QED) is 0.435. The van der Waals surface area contributed by atoms with Crippen molar-refractivity contribution in [2.24, 2.45) is 0 Å². The fraction of sp³-hybridized carbons (Fsp3) is 0.211. The monoisotopic (exact) mass is 351 g/mol. The number of hydrogen-bond donors (Lipinski definition) is 1. The number of fused-ring (bicyclic) bond motifs is 2. The summed E-state index contributed by atoms with van der Waals surface area (Å²) in [4.78, 5) is 30.1. The number of aliphatic hydroxyl groups is 1. The van der Waals surface area contributed by atoms with Crippen molar-refractivity contribution < 1.29 is 19.4 Å². The molecule has 0 radical (unpaired) electrons. The molecule has 0 fully saturated rings. The predicted molar refractivity (Wildman–Crippen MR) is 92.8 cm³/mol. The van der Waals surface area contributed by atoms with Crippen molar-refractivity contribution in [2.45, 2.75) is 13.1 Å². The molecule has 0 saturated heterocycles. The summed E-state index contributed by atoms with van der Waals surface area (Å²) in [7, 11) is 0. The molecule has 0 amide bonds. The van der Waals surface area contributed by atoms with Crippen LogP contribution in [0.25, 0.3) is 5.65 Å². The molecule has 7 heteroatoms. The maximum atomic E-state index is 12.1. The summed E-state index contributed by atoms with van der Waals surface area (Å²) >= 11 is 0. The molecule has 1 N–H and O–H groups in total. The minimum atomic E-state index is -0.549. The Balaban J connectivity index is 1.61. The first-order valence-electron chi connectivity index (χ1n) is 8.24. The van der Waals surface area contributed by atoms with Gasteiger partial charge in [-0.3, -0.25) is 14.5 Å². The molecule has 0 aliphatic carbocycles. The van der Waals surface area contributed by atoms with Crippen LogP contribution < -0.4 is 4.74 Å². The number of ketones is 1. The summed E-state index contributed by atoms with van der Waals surface area (Å²) < 4.78 is 7.30. The van der Waals surface area contributed by atoms with Gasteiger partial charge in [-0.05, 0) is 35.9 Å². The number of pyridine rings is 1. The van der Waals surface area contributed by atoms with Gasteiger partial charge in [-0.1, -0.05) is 0 Å². The number of esters is 1. The molecular formula is C19H17N3O4. The Bertz CT molecular complexity index is 995. The first kappa shape index (κ1) is 16.4. The van der Waals surface area contributed by atoms with E-state index in [4.69, 9.17) is 9.84 Å². The molecule has 3 heterocycles. The standard InChI is InChI=1S/C19H17N3O4/c23-12-16(24)14-1-2-17-15(8-14)10-21(11-19(25)26-17)9-13-3-5-22-6-4-20-18(22)7-13/h1-8,23H,9-12H2. The summed E-state index contributed by atoms with van der Waals surface area (Å²) in [6.45, 7) is 0.619. The number of aromatic nitrogens is 2. The van der Waals surface area contributed by atoms with E-state index in [1.54, 1.807) is 24.4 Å². The van der Waals surface area contributed by atoms with Crippen molar-refractivity contribution in [2.75, 3.05) is 13.2 Å². The van der Waals surface area contributed by atoms with E-state index in [2.05, 4.69) is 4.98 Å². The van der Waals surface area contributed by atoms with Gasteiger partial charge in [0.1, 0.15) is 18.0 Å². The highest BCUT2D eigenvalue weighted by Crippen LogP contribution is 2.26. The normalized spacial score (nSPS) is 14.7. The van der Waals surface area contributed by atoms with E-state index < -0.39 is 6.61 Å². The molecule has 7 nitrogen and oxygen atoms in total. The van der Waals surface area contributed by atoms with Crippen LogP contribution in [0.3, 0.4) is 0 Å². The molecule has 0 unspecified atom stereocenters. The van der Waals surface area contributed by atoms with E-state index in [1.807, 2.05) is 33.8 Å². The van der Waals surface area contributed by atoms with E-state index in [0.29, 0.717) is 24.4 Å². The molecule has 3 aromatic rings. The second-order valence-corrected chi connectivity index (χ2v) is 6.25. The van der Waals surface area contributed by atoms with E-state index in [9.17, 15) is 9.59 Å². The maximum absolute atomic E-state index is 12.1. The number of benzene rings is 1. The summed E-state index contributed by atoms with van der Waals surface area (Å²) in [6, 6.07) is 8.81. The van der Waals surface area contributed by atoms with Gasteiger partial charge in [-0.2, -0.15) is 0 Å². The number of nitrogens with zero attached hydrogens (tertiary/aromatic N) is 3. The Labute approximate surface area is 149 Å². The molecule has 0 bridgehead atoms. The molecule has 26 heavy (non-hydrogen) atoms. The molecule has 2 aromatic heterocycles. The lowest BCUT2D eigenvalue weighted by Crippen LogP contribution is -2.28. The van der Waals surface area contributed by atoms with Crippen molar-refractivity contribution in [3.05, 3.63) is 65.6 Å². The average molecular weight is 351 g/mol. The predicted octanol–water partition coefficient (Wildman–Crippen LogP) is 1.43. The molecule has 1 aromatic carbocycles. The number of ether oxygens (including phenoxy) is 1. The van der Waals surface area contributed by atoms with Crippen molar-refractivity contribution >= 4 is 17.4 Å². The van der Waals surface area contributed by atoms with Crippen LogP contribution in [0, 0.1) is 0 Å². The molecule has 0 atom stereocenters. The highest BCUT2D eigenvalue weighted by molar-refractivity contribution is 5.97. The van der Waals surface area contributed by atoms with Gasteiger partial charge in [-0.25, -0.2) is 4.98 Å². The summed E-state index contributed by atoms with van der Waals surface area (Å²) in [5.41, 5.74) is 3.03. The van der Waals surface area contributed by atoms with Gasteiger partial charge in [0, 0.05) is 42.8 Å². The first-order valence-corrected chi connectivity index (χ1v) is 8.24. The van der Waals surface area contributed by atoms with E-state index >= 15 is 0 Å². The van der Waals surface area contributed by atoms with Crippen molar-refractivity contribution in [3.63, 3.8) is 0 Å². The fourth-order valence-electron chi connectivity index (χ4n) is 3.12. The van der Waals surface area contributed by atoms with Crippen LogP contribution in [0.1, 0.15) is 21.5 Å². The zero-order chi connectivity index (χ0) is 18.1. The van der Waals surface area contributed by atoms with Gasteiger partial charge >= 0.3 is 5.97 Å². The number of imidazole rings is 1. The maximum Gasteiger partial charge on any atom is 0.325 e. The number of carbonyl (C=O) groups excluding carboxylic acids is 2. The van der Waals surface area contributed by atoms with Crippen LogP contribution in [-0.4, -0.2) is 44.3 Å². The smallest absolute Gasteiger partial charge is 0.325 e. The van der Waals surface area contributed by atoms with Gasteiger partial charge in [0.05, 0.1) is 6.54 Å². The summed E-state index contributed by atoms with van der Waals surface area (Å²) in [5, 5.41) is 9.05. The molecule has 0 spiro atoms. The minimum absolute atomic E-state index is 0.150. The molecule has 1 aliphatic rings. The Morgan fingerprint density at radius 2 is 2.08 bits per heavy atom. The zero-order valence-corrected chi connectivity index (χ0v) is 14.0. The highest BCUT2D eigenvalue weighted by Gasteiger charge is 2.22. The van der Waals surface area contributed by atoms with Gasteiger partial charge in [0.15, 0.2) is 5.78 Å². The minimum Gasteiger partial charge on any atom is -0.425 e. The third-order valence-electron chi connectivity index (χ3n) is 4.37. The molecule has 0 saturated carbocycles. The lowest BCUT2D eigenvalue weighted by molar-refractivity contribution is -0.135. The van der Waals surface area contributed by atoms with Crippen LogP contribution >= 0.6 is 0 Å². The third kappa shape index (κ3) is 3.22. The van der Waals surface area contributed by atoms with Crippen molar-refractivity contribution in [1.29, 1.82) is 0 Å². The lowest BCUT2D eigenvalue weighted by atomic mass is 10.1. The second-order valence-electron chi connectivity index (χ2n) is 6.25. The Kier molecular flexibility index (Phi) is 4.24. The topological polar surface area (TPSA) is 84.1 Å². The number of aliphatic hydroxyl groups excluding tert-OH is 1. The Morgan fingerprint density at radius 1 is 1.19 bits per heavy atom. The van der Waals surface area contributed by atoms with Crippen LogP contribution in [0.4, 0.5) is 0 Å². The highest BCUT2D eigenvalue weighted by atomic mass is 16.5. The van der Waals surface area contributed by atoms with E-state index in [1.165, 1.54) is 0 Å². The van der Waals surface area contributed by atoms with E-state index in [-0.39, 0.29) is 18.3 Å². The number of carbonyl (C=O) groups is 2. The van der Waals surface area contributed by atoms with Gasteiger partial charge in [0.2, 0.25) is 0 Å². The fourth-order valence-corrected chi connectivity index (χ4v) is 3.12. The molecular weight excluding hydrogens is 334 g/mol. The van der Waals surface area contributed by atoms with Gasteiger partial charge < -0.3 is 14.2 Å². The van der Waals surface area contributed by atoms with Crippen LogP contribution in [0.5, 0.6) is 5.75 Å². The molecule has 1 aliphatic heterocycles. The molecule has 132 valence electrons. The third-order valence-corrected chi connectivity index (χ3v) is 4.37.